The summed E-state index contributed by atoms with van der Waals surface area (Å²) in [5.41, 5.74) is 0.511. The van der Waals surface area contributed by atoms with E-state index in [0.717, 1.165) is 0 Å². The number of hydrogen-bond acceptors (Lipinski definition) is 3. The highest BCUT2D eigenvalue weighted by molar-refractivity contribution is 9.08. The van der Waals surface area contributed by atoms with E-state index in [1.807, 2.05) is 0 Å². The molecule has 0 amide bonds. The van der Waals surface area contributed by atoms with E-state index in [9.17, 15) is 13.6 Å². The van der Waals surface area contributed by atoms with Crippen LogP contribution >= 0.6 is 27.5 Å². The Balaban J connectivity index is 3.13. The number of carbonyl (C=O) groups is 1. The van der Waals surface area contributed by atoms with Crippen LogP contribution in [0.5, 0.6) is 5.75 Å². The molecule has 0 aliphatic carbocycles. The van der Waals surface area contributed by atoms with Gasteiger partial charge in [-0.2, -0.15) is 8.78 Å². The third-order valence-electron chi connectivity index (χ3n) is 2.01. The molecule has 0 heterocycles. The minimum atomic E-state index is -2.95. The van der Waals surface area contributed by atoms with Gasteiger partial charge in [-0.25, -0.2) is 4.79 Å². The Morgan fingerprint density at radius 3 is 2.67 bits per heavy atom. The maximum atomic E-state index is 12.2. The number of hydrogen-bond donors (Lipinski definition) is 0. The van der Waals surface area contributed by atoms with E-state index in [-0.39, 0.29) is 28.3 Å². The average molecular weight is 344 g/mol. The van der Waals surface area contributed by atoms with E-state index in [4.69, 9.17) is 16.3 Å². The smallest absolute Gasteiger partial charge is 0.387 e. The predicted molar refractivity (Wildman–Crippen MR) is 66.7 cm³/mol. The maximum Gasteiger partial charge on any atom is 0.387 e. The Bertz CT molecular complexity index is 441. The van der Waals surface area contributed by atoms with Crippen LogP contribution in [-0.2, 0) is 10.1 Å². The zero-order chi connectivity index (χ0) is 13.7. The molecule has 0 atom stereocenters. The number of carbonyl (C=O) groups excluding carboxylic acids is 1. The number of rotatable bonds is 5. The number of benzene rings is 1. The molecular formula is C11H10BrClF2O3. The highest BCUT2D eigenvalue weighted by Crippen LogP contribution is 2.30. The molecule has 0 aromatic heterocycles. The summed E-state index contributed by atoms with van der Waals surface area (Å²) in [4.78, 5) is 11.6. The van der Waals surface area contributed by atoms with Crippen LogP contribution in [0.1, 0.15) is 22.8 Å². The Kier molecular flexibility index (Phi) is 5.81. The maximum absolute atomic E-state index is 12.2. The van der Waals surface area contributed by atoms with Crippen molar-refractivity contribution in [2.45, 2.75) is 18.9 Å². The highest BCUT2D eigenvalue weighted by atomic mass is 79.9. The molecule has 0 radical (unpaired) electrons. The first-order valence-corrected chi connectivity index (χ1v) is 6.49. The van der Waals surface area contributed by atoms with E-state index >= 15 is 0 Å². The quantitative estimate of drug-likeness (QED) is 0.598. The van der Waals surface area contributed by atoms with Crippen LogP contribution in [-0.4, -0.2) is 19.2 Å². The fourth-order valence-electron chi connectivity index (χ4n) is 1.28. The van der Waals surface area contributed by atoms with Crippen molar-refractivity contribution < 1.29 is 23.0 Å². The predicted octanol–water partition coefficient (Wildman–Crippen LogP) is 4.01. The standard InChI is InChI=1S/C11H10BrClF2O3/c1-2-17-10(16)7-3-6(5-12)9(4-8(7)13)18-11(14)15/h3-4,11H,2,5H2,1H3. The van der Waals surface area contributed by atoms with Gasteiger partial charge < -0.3 is 9.47 Å². The summed E-state index contributed by atoms with van der Waals surface area (Å²) in [7, 11) is 0. The van der Waals surface area contributed by atoms with Crippen LogP contribution in [0, 0.1) is 0 Å². The van der Waals surface area contributed by atoms with E-state index in [1.165, 1.54) is 12.1 Å². The molecule has 0 aliphatic heterocycles. The summed E-state index contributed by atoms with van der Waals surface area (Å²) >= 11 is 8.96. The van der Waals surface area contributed by atoms with Crippen molar-refractivity contribution in [2.24, 2.45) is 0 Å². The lowest BCUT2D eigenvalue weighted by Crippen LogP contribution is -2.08. The van der Waals surface area contributed by atoms with Gasteiger partial charge in [0.15, 0.2) is 0 Å². The van der Waals surface area contributed by atoms with Crippen LogP contribution in [0.4, 0.5) is 8.78 Å². The van der Waals surface area contributed by atoms with E-state index in [1.54, 1.807) is 6.92 Å². The molecule has 0 unspecified atom stereocenters. The zero-order valence-corrected chi connectivity index (χ0v) is 11.7. The minimum absolute atomic E-state index is 0.00815. The molecule has 100 valence electrons. The lowest BCUT2D eigenvalue weighted by molar-refractivity contribution is -0.0503. The van der Waals surface area contributed by atoms with Gasteiger partial charge in [0.25, 0.3) is 0 Å². The highest BCUT2D eigenvalue weighted by Gasteiger charge is 2.17. The monoisotopic (exact) mass is 342 g/mol. The van der Waals surface area contributed by atoms with Gasteiger partial charge in [0.2, 0.25) is 0 Å². The van der Waals surface area contributed by atoms with Crippen molar-refractivity contribution in [1.29, 1.82) is 0 Å². The van der Waals surface area contributed by atoms with Crippen molar-refractivity contribution in [3.63, 3.8) is 0 Å². The van der Waals surface area contributed by atoms with Crippen molar-refractivity contribution in [3.8, 4) is 5.75 Å². The van der Waals surface area contributed by atoms with Crippen LogP contribution in [0.3, 0.4) is 0 Å². The normalized spacial score (nSPS) is 10.6. The first kappa shape index (κ1) is 15.2. The van der Waals surface area contributed by atoms with Crippen molar-refractivity contribution in [2.75, 3.05) is 6.61 Å². The molecule has 0 bridgehead atoms. The number of alkyl halides is 3. The third-order valence-corrected chi connectivity index (χ3v) is 2.92. The minimum Gasteiger partial charge on any atom is -0.462 e. The third kappa shape index (κ3) is 3.81. The second-order valence-corrected chi connectivity index (χ2v) is 4.14. The summed E-state index contributed by atoms with van der Waals surface area (Å²) in [5.74, 6) is -0.673. The number of halogens is 4. The summed E-state index contributed by atoms with van der Waals surface area (Å²) in [6.07, 6.45) is 0. The van der Waals surface area contributed by atoms with Crippen molar-refractivity contribution in [1.82, 2.24) is 0 Å². The molecule has 0 aliphatic rings. The first-order chi connectivity index (χ1) is 8.49. The van der Waals surface area contributed by atoms with Crippen LogP contribution < -0.4 is 4.74 Å². The molecule has 0 fully saturated rings. The van der Waals surface area contributed by atoms with E-state index in [2.05, 4.69) is 20.7 Å². The fraction of sp³-hybridized carbons (Fsp3) is 0.364. The van der Waals surface area contributed by atoms with Gasteiger partial charge in [0, 0.05) is 17.0 Å². The molecule has 0 N–H and O–H groups in total. The van der Waals surface area contributed by atoms with Crippen molar-refractivity contribution >= 4 is 33.5 Å². The zero-order valence-electron chi connectivity index (χ0n) is 9.38. The average Bonchev–Trinajstić information content (AvgIpc) is 2.28. The van der Waals surface area contributed by atoms with Gasteiger partial charge in [-0.1, -0.05) is 27.5 Å². The molecule has 1 rings (SSSR count). The van der Waals surface area contributed by atoms with Gasteiger partial charge in [-0.05, 0) is 13.0 Å². The molecule has 1 aromatic rings. The summed E-state index contributed by atoms with van der Waals surface area (Å²) in [6, 6.07) is 2.54. The molecule has 7 heteroatoms. The first-order valence-electron chi connectivity index (χ1n) is 4.99. The summed E-state index contributed by atoms with van der Waals surface area (Å²) < 4.78 is 33.5. The van der Waals surface area contributed by atoms with Crippen LogP contribution in [0.2, 0.25) is 5.02 Å². The van der Waals surface area contributed by atoms with E-state index in [0.29, 0.717) is 5.56 Å². The van der Waals surface area contributed by atoms with Crippen LogP contribution in [0.15, 0.2) is 12.1 Å². The van der Waals surface area contributed by atoms with Gasteiger partial charge in [0.1, 0.15) is 5.75 Å². The topological polar surface area (TPSA) is 35.5 Å². The Morgan fingerprint density at radius 1 is 1.50 bits per heavy atom. The Hall–Kier alpha value is -0.880. The SMILES string of the molecule is CCOC(=O)c1cc(CBr)c(OC(F)F)cc1Cl. The Labute approximate surface area is 116 Å². The molecular weight excluding hydrogens is 333 g/mol. The largest absolute Gasteiger partial charge is 0.462 e. The van der Waals surface area contributed by atoms with Gasteiger partial charge >= 0.3 is 12.6 Å². The fourth-order valence-corrected chi connectivity index (χ4v) is 1.94. The molecule has 0 spiro atoms. The molecule has 0 saturated heterocycles. The van der Waals surface area contributed by atoms with Gasteiger partial charge in [0.05, 0.1) is 17.2 Å². The number of esters is 1. The van der Waals surface area contributed by atoms with Crippen molar-refractivity contribution in [3.05, 3.63) is 28.3 Å². The molecule has 3 nitrogen and oxygen atoms in total. The second kappa shape index (κ2) is 6.89. The summed E-state index contributed by atoms with van der Waals surface area (Å²) in [5, 5.41) is 0.257. The molecule has 1 aromatic carbocycles. The molecule has 18 heavy (non-hydrogen) atoms. The van der Waals surface area contributed by atoms with Gasteiger partial charge in [-0.3, -0.25) is 0 Å². The number of ether oxygens (including phenoxy) is 2. The van der Waals surface area contributed by atoms with E-state index < -0.39 is 12.6 Å². The lowest BCUT2D eigenvalue weighted by atomic mass is 10.1. The van der Waals surface area contributed by atoms with Crippen LogP contribution in [0.25, 0.3) is 0 Å². The van der Waals surface area contributed by atoms with Gasteiger partial charge in [-0.15, -0.1) is 0 Å². The molecule has 0 saturated carbocycles. The lowest BCUT2D eigenvalue weighted by Gasteiger charge is -2.12. The second-order valence-electron chi connectivity index (χ2n) is 3.17. The summed E-state index contributed by atoms with van der Waals surface area (Å²) in [6.45, 7) is -1.09. The Morgan fingerprint density at radius 2 is 2.17 bits per heavy atom.